The first-order chi connectivity index (χ1) is 11.4. The summed E-state index contributed by atoms with van der Waals surface area (Å²) in [5.74, 6) is -0.146. The van der Waals surface area contributed by atoms with Crippen LogP contribution in [0.4, 0.5) is 13.2 Å². The fraction of sp³-hybridized carbons (Fsp3) is 0.389. The minimum atomic E-state index is -4.39. The van der Waals surface area contributed by atoms with Crippen molar-refractivity contribution in [1.82, 2.24) is 4.90 Å². The molecule has 1 saturated heterocycles. The predicted octanol–water partition coefficient (Wildman–Crippen LogP) is 4.16. The largest absolute Gasteiger partial charge is 0.484 e. The lowest BCUT2D eigenvalue weighted by Crippen LogP contribution is -2.52. The van der Waals surface area contributed by atoms with Crippen molar-refractivity contribution in [3.05, 3.63) is 42.5 Å². The molecule has 1 aliphatic rings. The summed E-state index contributed by atoms with van der Waals surface area (Å²) in [6.45, 7) is -0.255. The van der Waals surface area contributed by atoms with E-state index in [0.29, 0.717) is 18.6 Å². The molecule has 0 spiro atoms. The summed E-state index contributed by atoms with van der Waals surface area (Å²) in [5.41, 5.74) is 0. The van der Waals surface area contributed by atoms with Crippen LogP contribution in [0.5, 0.6) is 5.75 Å². The maximum Gasteiger partial charge on any atom is 0.408 e. The van der Waals surface area contributed by atoms with E-state index in [4.69, 9.17) is 4.74 Å². The number of halogens is 3. The Labute approximate surface area is 138 Å². The van der Waals surface area contributed by atoms with E-state index in [1.54, 1.807) is 12.1 Å². The van der Waals surface area contributed by atoms with Gasteiger partial charge in [-0.1, -0.05) is 30.3 Å². The Balaban J connectivity index is 1.67. The van der Waals surface area contributed by atoms with Crippen LogP contribution < -0.4 is 4.74 Å². The number of fused-ring (bicyclic) bond motifs is 1. The fourth-order valence-electron chi connectivity index (χ4n) is 3.06. The molecule has 0 N–H and O–H groups in total. The molecular formula is C18H18F3NO2. The third-order valence-electron chi connectivity index (χ3n) is 4.28. The van der Waals surface area contributed by atoms with Gasteiger partial charge in [-0.25, -0.2) is 0 Å². The second-order valence-electron chi connectivity index (χ2n) is 5.94. The highest BCUT2D eigenvalue weighted by Gasteiger charge is 2.46. The van der Waals surface area contributed by atoms with Crippen LogP contribution in [0.15, 0.2) is 42.5 Å². The van der Waals surface area contributed by atoms with Crippen molar-refractivity contribution < 1.29 is 22.7 Å². The van der Waals surface area contributed by atoms with Gasteiger partial charge in [0.2, 0.25) is 0 Å². The van der Waals surface area contributed by atoms with Gasteiger partial charge in [0, 0.05) is 6.54 Å². The number of rotatable bonds is 3. The molecule has 2 aromatic carbocycles. The van der Waals surface area contributed by atoms with Crippen LogP contribution >= 0.6 is 0 Å². The predicted molar refractivity (Wildman–Crippen MR) is 84.9 cm³/mol. The van der Waals surface area contributed by atoms with Gasteiger partial charge in [-0.3, -0.25) is 4.79 Å². The van der Waals surface area contributed by atoms with Crippen LogP contribution in [0.1, 0.15) is 19.3 Å². The van der Waals surface area contributed by atoms with Gasteiger partial charge in [0.05, 0.1) is 0 Å². The standard InChI is InChI=1S/C18H18F3NO2/c19-18(20,21)16-7-3-4-10-22(16)17(23)12-24-15-9-8-13-5-1-2-6-14(13)11-15/h1-2,5-6,8-9,11,16H,3-4,7,10,12H2. The van der Waals surface area contributed by atoms with Gasteiger partial charge in [0.15, 0.2) is 6.61 Å². The van der Waals surface area contributed by atoms with Gasteiger partial charge in [-0.2, -0.15) is 13.2 Å². The van der Waals surface area contributed by atoms with Crippen LogP contribution in [0, 0.1) is 0 Å². The third kappa shape index (κ3) is 3.63. The van der Waals surface area contributed by atoms with Gasteiger partial charge in [0.25, 0.3) is 5.91 Å². The Morgan fingerprint density at radius 2 is 1.88 bits per heavy atom. The highest BCUT2D eigenvalue weighted by Crippen LogP contribution is 2.32. The van der Waals surface area contributed by atoms with Gasteiger partial charge in [-0.05, 0) is 42.2 Å². The summed E-state index contributed by atoms with van der Waals surface area (Å²) in [4.78, 5) is 13.1. The molecule has 0 bridgehead atoms. The van der Waals surface area contributed by atoms with E-state index < -0.39 is 18.1 Å². The average molecular weight is 337 g/mol. The summed E-state index contributed by atoms with van der Waals surface area (Å²) in [7, 11) is 0. The van der Waals surface area contributed by atoms with Gasteiger partial charge < -0.3 is 9.64 Å². The molecule has 6 heteroatoms. The molecule has 2 aromatic rings. The van der Waals surface area contributed by atoms with Gasteiger partial charge >= 0.3 is 6.18 Å². The second kappa shape index (κ2) is 6.71. The Kier molecular flexibility index (Phi) is 4.64. The summed E-state index contributed by atoms with van der Waals surface area (Å²) in [6.07, 6.45) is -3.35. The number of ether oxygens (including phenoxy) is 1. The van der Waals surface area contributed by atoms with E-state index in [9.17, 15) is 18.0 Å². The smallest absolute Gasteiger partial charge is 0.408 e. The molecule has 3 rings (SSSR count). The number of hydrogen-bond acceptors (Lipinski definition) is 2. The van der Waals surface area contributed by atoms with Crippen molar-refractivity contribution in [2.75, 3.05) is 13.2 Å². The summed E-state index contributed by atoms with van der Waals surface area (Å²) in [5, 5.41) is 1.98. The Morgan fingerprint density at radius 3 is 2.62 bits per heavy atom. The van der Waals surface area contributed by atoms with Gasteiger partial charge in [0.1, 0.15) is 11.8 Å². The van der Waals surface area contributed by atoms with Crippen LogP contribution in [0.2, 0.25) is 0 Å². The minimum absolute atomic E-state index is 0.0365. The Bertz CT molecular complexity index is 730. The normalized spacial score (nSPS) is 18.6. The first-order valence-electron chi connectivity index (χ1n) is 7.93. The third-order valence-corrected chi connectivity index (χ3v) is 4.28. The topological polar surface area (TPSA) is 29.5 Å². The lowest BCUT2D eigenvalue weighted by atomic mass is 10.0. The monoisotopic (exact) mass is 337 g/mol. The van der Waals surface area contributed by atoms with E-state index in [-0.39, 0.29) is 19.6 Å². The minimum Gasteiger partial charge on any atom is -0.484 e. The number of likely N-dealkylation sites (tertiary alicyclic amines) is 1. The molecule has 1 atom stereocenters. The summed E-state index contributed by atoms with van der Waals surface area (Å²) < 4.78 is 44.6. The number of amides is 1. The quantitative estimate of drug-likeness (QED) is 0.842. The molecule has 3 nitrogen and oxygen atoms in total. The number of benzene rings is 2. The molecular weight excluding hydrogens is 319 g/mol. The van der Waals surface area contributed by atoms with Crippen molar-refractivity contribution in [3.8, 4) is 5.75 Å². The van der Waals surface area contributed by atoms with Crippen molar-refractivity contribution in [2.45, 2.75) is 31.5 Å². The molecule has 0 radical (unpaired) electrons. The van der Waals surface area contributed by atoms with Gasteiger partial charge in [-0.15, -0.1) is 0 Å². The lowest BCUT2D eigenvalue weighted by molar-refractivity contribution is -0.196. The van der Waals surface area contributed by atoms with E-state index in [1.807, 2.05) is 30.3 Å². The summed E-state index contributed by atoms with van der Waals surface area (Å²) in [6, 6.07) is 11.3. The zero-order chi connectivity index (χ0) is 17.2. The fourth-order valence-corrected chi connectivity index (χ4v) is 3.06. The first-order valence-corrected chi connectivity index (χ1v) is 7.93. The zero-order valence-corrected chi connectivity index (χ0v) is 13.1. The molecule has 1 amide bonds. The number of carbonyl (C=O) groups is 1. The van der Waals surface area contributed by atoms with E-state index in [1.165, 1.54) is 0 Å². The number of nitrogens with zero attached hydrogens (tertiary/aromatic N) is 1. The number of carbonyl (C=O) groups excluding carboxylic acids is 1. The summed E-state index contributed by atoms with van der Waals surface area (Å²) >= 11 is 0. The molecule has 24 heavy (non-hydrogen) atoms. The van der Waals surface area contributed by atoms with Crippen molar-refractivity contribution >= 4 is 16.7 Å². The molecule has 0 aliphatic carbocycles. The van der Waals surface area contributed by atoms with Crippen LogP contribution in [-0.4, -0.2) is 36.2 Å². The van der Waals surface area contributed by atoms with Crippen LogP contribution in [0.3, 0.4) is 0 Å². The molecule has 1 heterocycles. The Hall–Kier alpha value is -2.24. The highest BCUT2D eigenvalue weighted by molar-refractivity contribution is 5.84. The molecule has 0 saturated carbocycles. The highest BCUT2D eigenvalue weighted by atomic mass is 19.4. The molecule has 1 fully saturated rings. The van der Waals surface area contributed by atoms with Crippen LogP contribution in [-0.2, 0) is 4.79 Å². The average Bonchev–Trinajstić information content (AvgIpc) is 2.58. The van der Waals surface area contributed by atoms with E-state index in [2.05, 4.69) is 0 Å². The van der Waals surface area contributed by atoms with E-state index in [0.717, 1.165) is 15.7 Å². The van der Waals surface area contributed by atoms with Crippen molar-refractivity contribution in [3.63, 3.8) is 0 Å². The molecule has 0 aromatic heterocycles. The van der Waals surface area contributed by atoms with Crippen molar-refractivity contribution in [1.29, 1.82) is 0 Å². The first kappa shape index (κ1) is 16.6. The van der Waals surface area contributed by atoms with Crippen LogP contribution in [0.25, 0.3) is 10.8 Å². The lowest BCUT2D eigenvalue weighted by Gasteiger charge is -2.36. The number of alkyl halides is 3. The maximum atomic E-state index is 13.1. The zero-order valence-electron chi connectivity index (χ0n) is 13.1. The Morgan fingerprint density at radius 1 is 1.12 bits per heavy atom. The number of hydrogen-bond donors (Lipinski definition) is 0. The van der Waals surface area contributed by atoms with E-state index >= 15 is 0 Å². The molecule has 1 aliphatic heterocycles. The second-order valence-corrected chi connectivity index (χ2v) is 5.94. The number of piperidine rings is 1. The molecule has 128 valence electrons. The maximum absolute atomic E-state index is 13.1. The van der Waals surface area contributed by atoms with Crippen molar-refractivity contribution in [2.24, 2.45) is 0 Å². The SMILES string of the molecule is O=C(COc1ccc2ccccc2c1)N1CCCCC1C(F)(F)F. The molecule has 1 unspecified atom stereocenters.